The number of urea groups is 1. The number of hydrogen-bond acceptors (Lipinski definition) is 3. The molecule has 1 aliphatic carbocycles. The Bertz CT molecular complexity index is 638. The van der Waals surface area contributed by atoms with Crippen LogP contribution < -0.4 is 5.32 Å². The molecule has 0 bridgehead atoms. The minimum absolute atomic E-state index is 0.128. The lowest BCUT2D eigenvalue weighted by Gasteiger charge is -2.27. The van der Waals surface area contributed by atoms with E-state index in [9.17, 15) is 13.2 Å². The molecule has 2 atom stereocenters. The van der Waals surface area contributed by atoms with Crippen molar-refractivity contribution in [3.8, 4) is 0 Å². The second kappa shape index (κ2) is 6.28. The van der Waals surface area contributed by atoms with E-state index in [1.54, 1.807) is 12.1 Å². The highest BCUT2D eigenvalue weighted by atomic mass is 32.2. The number of carbonyl (C=O) groups is 1. The SMILES string of the molecule is CC(C)N(C[C@H]1C[C@H]1C)C(=O)Nc1ccc(S(C)(=O)=O)cc1. The quantitative estimate of drug-likeness (QED) is 0.905. The van der Waals surface area contributed by atoms with Gasteiger partial charge in [-0.25, -0.2) is 13.2 Å². The van der Waals surface area contributed by atoms with Crippen molar-refractivity contribution in [2.24, 2.45) is 11.8 Å². The van der Waals surface area contributed by atoms with Crippen LogP contribution in [-0.4, -0.2) is 38.2 Å². The van der Waals surface area contributed by atoms with E-state index >= 15 is 0 Å². The molecule has 0 unspecified atom stereocenters. The number of benzene rings is 1. The first-order chi connectivity index (χ1) is 10.2. The highest BCUT2D eigenvalue weighted by molar-refractivity contribution is 7.90. The van der Waals surface area contributed by atoms with Crippen LogP contribution in [0.2, 0.25) is 0 Å². The maximum Gasteiger partial charge on any atom is 0.322 e. The minimum atomic E-state index is -3.21. The molecule has 2 rings (SSSR count). The van der Waals surface area contributed by atoms with E-state index < -0.39 is 9.84 Å². The lowest BCUT2D eigenvalue weighted by atomic mass is 10.2. The topological polar surface area (TPSA) is 66.5 Å². The molecule has 5 nitrogen and oxygen atoms in total. The van der Waals surface area contributed by atoms with Crippen molar-refractivity contribution in [3.05, 3.63) is 24.3 Å². The molecular weight excluding hydrogens is 300 g/mol. The zero-order chi connectivity index (χ0) is 16.5. The summed E-state index contributed by atoms with van der Waals surface area (Å²) in [5, 5.41) is 2.84. The Kier molecular flexibility index (Phi) is 4.80. The molecule has 1 aromatic carbocycles. The van der Waals surface area contributed by atoms with Crippen LogP contribution in [0.5, 0.6) is 0 Å². The molecule has 2 amide bonds. The highest BCUT2D eigenvalue weighted by Crippen LogP contribution is 2.38. The van der Waals surface area contributed by atoms with Crippen LogP contribution >= 0.6 is 0 Å². The molecule has 0 aliphatic heterocycles. The Morgan fingerprint density at radius 3 is 2.27 bits per heavy atom. The summed E-state index contributed by atoms with van der Waals surface area (Å²) in [5.41, 5.74) is 0.604. The summed E-state index contributed by atoms with van der Waals surface area (Å²) in [7, 11) is -3.21. The third kappa shape index (κ3) is 4.22. The maximum absolute atomic E-state index is 12.4. The van der Waals surface area contributed by atoms with Crippen LogP contribution in [-0.2, 0) is 9.84 Å². The molecule has 22 heavy (non-hydrogen) atoms. The Balaban J connectivity index is 2.03. The Labute approximate surface area is 132 Å². The third-order valence-electron chi connectivity index (χ3n) is 4.13. The minimum Gasteiger partial charge on any atom is -0.322 e. The van der Waals surface area contributed by atoms with E-state index in [0.29, 0.717) is 17.5 Å². The molecule has 1 aromatic rings. The van der Waals surface area contributed by atoms with Gasteiger partial charge in [0.05, 0.1) is 4.90 Å². The first-order valence-corrected chi connectivity index (χ1v) is 9.45. The van der Waals surface area contributed by atoms with Crippen LogP contribution in [0, 0.1) is 11.8 Å². The number of nitrogens with zero attached hydrogens (tertiary/aromatic N) is 1. The van der Waals surface area contributed by atoms with Crippen molar-refractivity contribution in [2.75, 3.05) is 18.1 Å². The summed E-state index contributed by atoms with van der Waals surface area (Å²) in [6.07, 6.45) is 2.34. The second-order valence-electron chi connectivity index (χ2n) is 6.45. The average molecular weight is 324 g/mol. The van der Waals surface area contributed by atoms with Crippen LogP contribution in [0.1, 0.15) is 27.2 Å². The van der Waals surface area contributed by atoms with Gasteiger partial charge in [0.25, 0.3) is 0 Å². The van der Waals surface area contributed by atoms with Crippen molar-refractivity contribution in [2.45, 2.75) is 38.1 Å². The number of rotatable bonds is 5. The van der Waals surface area contributed by atoms with Crippen molar-refractivity contribution in [3.63, 3.8) is 0 Å². The summed E-state index contributed by atoms with van der Waals surface area (Å²) in [6, 6.07) is 6.24. The number of nitrogens with one attached hydrogen (secondary N) is 1. The van der Waals surface area contributed by atoms with Crippen LogP contribution in [0.3, 0.4) is 0 Å². The fourth-order valence-electron chi connectivity index (χ4n) is 2.42. The van der Waals surface area contributed by atoms with E-state index in [4.69, 9.17) is 0 Å². The van der Waals surface area contributed by atoms with Gasteiger partial charge in [-0.15, -0.1) is 0 Å². The number of carbonyl (C=O) groups excluding carboxylic acids is 1. The van der Waals surface area contributed by atoms with E-state index in [1.165, 1.54) is 18.6 Å². The van der Waals surface area contributed by atoms with Gasteiger partial charge in [-0.1, -0.05) is 6.92 Å². The zero-order valence-corrected chi connectivity index (χ0v) is 14.4. The largest absolute Gasteiger partial charge is 0.322 e. The van der Waals surface area contributed by atoms with Gasteiger partial charge in [0.15, 0.2) is 9.84 Å². The lowest BCUT2D eigenvalue weighted by Crippen LogP contribution is -2.41. The first kappa shape index (κ1) is 16.8. The Hall–Kier alpha value is -1.56. The van der Waals surface area contributed by atoms with Gasteiger partial charge in [0.2, 0.25) is 0 Å². The van der Waals surface area contributed by atoms with Crippen molar-refractivity contribution in [1.82, 2.24) is 4.90 Å². The van der Waals surface area contributed by atoms with E-state index in [-0.39, 0.29) is 17.0 Å². The average Bonchev–Trinajstić information content (AvgIpc) is 3.10. The monoisotopic (exact) mass is 324 g/mol. The Morgan fingerprint density at radius 2 is 1.86 bits per heavy atom. The number of sulfone groups is 1. The van der Waals surface area contributed by atoms with Crippen molar-refractivity contribution in [1.29, 1.82) is 0 Å². The van der Waals surface area contributed by atoms with E-state index in [2.05, 4.69) is 12.2 Å². The summed E-state index contributed by atoms with van der Waals surface area (Å²) in [6.45, 7) is 6.97. The maximum atomic E-state index is 12.4. The third-order valence-corrected chi connectivity index (χ3v) is 5.25. The lowest BCUT2D eigenvalue weighted by molar-refractivity contribution is 0.193. The predicted octanol–water partition coefficient (Wildman–Crippen LogP) is 2.99. The molecule has 1 fully saturated rings. The number of anilines is 1. The van der Waals surface area contributed by atoms with Crippen LogP contribution in [0.4, 0.5) is 10.5 Å². The molecule has 0 heterocycles. The summed E-state index contributed by atoms with van der Waals surface area (Å²) < 4.78 is 22.9. The Morgan fingerprint density at radius 1 is 1.32 bits per heavy atom. The molecule has 122 valence electrons. The van der Waals surface area contributed by atoms with E-state index in [0.717, 1.165) is 12.8 Å². The molecule has 1 aliphatic rings. The van der Waals surface area contributed by atoms with Gasteiger partial charge in [0, 0.05) is 24.5 Å². The van der Waals surface area contributed by atoms with Gasteiger partial charge in [-0.2, -0.15) is 0 Å². The molecule has 0 saturated heterocycles. The molecule has 0 aromatic heterocycles. The summed E-state index contributed by atoms with van der Waals surface area (Å²) >= 11 is 0. The molecular formula is C16H24N2O3S. The smallest absolute Gasteiger partial charge is 0.322 e. The molecule has 1 saturated carbocycles. The summed E-state index contributed by atoms with van der Waals surface area (Å²) in [5.74, 6) is 1.30. The highest BCUT2D eigenvalue weighted by Gasteiger charge is 2.35. The standard InChI is InChI=1S/C16H24N2O3S/c1-11(2)18(10-13-9-12(13)3)16(19)17-14-5-7-15(8-6-14)22(4,20)21/h5-8,11-13H,9-10H2,1-4H3,(H,17,19)/t12-,13-/m1/s1. The van der Waals surface area contributed by atoms with Gasteiger partial charge in [0.1, 0.15) is 0 Å². The van der Waals surface area contributed by atoms with Gasteiger partial charge < -0.3 is 10.2 Å². The second-order valence-corrected chi connectivity index (χ2v) is 8.46. The number of hydrogen-bond donors (Lipinski definition) is 1. The molecule has 0 radical (unpaired) electrons. The molecule has 6 heteroatoms. The van der Waals surface area contributed by atoms with Crippen molar-refractivity contribution < 1.29 is 13.2 Å². The van der Waals surface area contributed by atoms with Gasteiger partial charge >= 0.3 is 6.03 Å². The van der Waals surface area contributed by atoms with Crippen molar-refractivity contribution >= 4 is 21.6 Å². The van der Waals surface area contributed by atoms with Crippen LogP contribution in [0.25, 0.3) is 0 Å². The normalized spacial score (nSPS) is 20.8. The van der Waals surface area contributed by atoms with Crippen LogP contribution in [0.15, 0.2) is 29.2 Å². The van der Waals surface area contributed by atoms with Gasteiger partial charge in [-0.3, -0.25) is 0 Å². The fourth-order valence-corrected chi connectivity index (χ4v) is 3.05. The zero-order valence-electron chi connectivity index (χ0n) is 13.5. The molecule has 1 N–H and O–H groups in total. The first-order valence-electron chi connectivity index (χ1n) is 7.56. The molecule has 0 spiro atoms. The predicted molar refractivity (Wildman–Crippen MR) is 87.7 cm³/mol. The fraction of sp³-hybridized carbons (Fsp3) is 0.562. The van der Waals surface area contributed by atoms with E-state index in [1.807, 2.05) is 18.7 Å². The van der Waals surface area contributed by atoms with Gasteiger partial charge in [-0.05, 0) is 56.4 Å². The summed E-state index contributed by atoms with van der Waals surface area (Å²) in [4.78, 5) is 14.5. The number of amides is 2.